The molecule has 0 unspecified atom stereocenters. The van der Waals surface area contributed by atoms with Crippen LogP contribution in [0.15, 0.2) is 36.9 Å². The SMILES string of the molecule is Cn1cnc(COc2cc(O)c(-c3cccc(Cl)c3Cl)c3ncnc(N)c23)n1. The average Bonchev–Trinajstić information content (AvgIpc) is 3.08. The third-order valence-corrected chi connectivity index (χ3v) is 4.93. The second kappa shape index (κ2) is 7.14. The lowest BCUT2D eigenvalue weighted by Crippen LogP contribution is -2.02. The van der Waals surface area contributed by atoms with Crippen LogP contribution >= 0.6 is 23.2 Å². The Morgan fingerprint density at radius 3 is 2.79 bits per heavy atom. The molecule has 0 bridgehead atoms. The Hall–Kier alpha value is -3.10. The van der Waals surface area contributed by atoms with Gasteiger partial charge in [0.2, 0.25) is 0 Å². The predicted molar refractivity (Wildman–Crippen MR) is 106 cm³/mol. The number of benzene rings is 2. The molecule has 0 aliphatic carbocycles. The number of rotatable bonds is 4. The fourth-order valence-corrected chi connectivity index (χ4v) is 3.29. The standard InChI is InChI=1S/C18H14Cl2N6O2/c1-26-8-24-13(25-26)6-28-12-5-11(27)14(9-3-2-4-10(19)16(9)20)17-15(12)18(21)23-7-22-17/h2-5,7-8,27H,6H2,1H3,(H2,21,22,23). The number of nitrogens with zero attached hydrogens (tertiary/aromatic N) is 5. The molecule has 8 nitrogen and oxygen atoms in total. The molecular weight excluding hydrogens is 403 g/mol. The molecule has 0 saturated carbocycles. The first-order valence-corrected chi connectivity index (χ1v) is 8.89. The number of phenolic OH excluding ortho intramolecular Hbond substituents is 1. The Bertz CT molecular complexity index is 1190. The number of phenols is 1. The Balaban J connectivity index is 1.88. The van der Waals surface area contributed by atoms with Gasteiger partial charge < -0.3 is 15.6 Å². The number of nitrogens with two attached hydrogens (primary N) is 1. The number of hydrogen-bond acceptors (Lipinski definition) is 7. The molecule has 0 amide bonds. The molecule has 142 valence electrons. The molecule has 2 aromatic heterocycles. The minimum atomic E-state index is -0.0845. The monoisotopic (exact) mass is 416 g/mol. The Morgan fingerprint density at radius 1 is 1.21 bits per heavy atom. The highest BCUT2D eigenvalue weighted by atomic mass is 35.5. The summed E-state index contributed by atoms with van der Waals surface area (Å²) in [5.41, 5.74) is 7.39. The molecule has 0 aliphatic rings. The van der Waals surface area contributed by atoms with Gasteiger partial charge in [0, 0.05) is 18.7 Å². The van der Waals surface area contributed by atoms with Crippen molar-refractivity contribution in [3.05, 3.63) is 52.8 Å². The molecule has 0 saturated heterocycles. The van der Waals surface area contributed by atoms with E-state index in [1.54, 1.807) is 36.3 Å². The summed E-state index contributed by atoms with van der Waals surface area (Å²) in [4.78, 5) is 12.5. The van der Waals surface area contributed by atoms with E-state index in [0.717, 1.165) is 0 Å². The third kappa shape index (κ3) is 3.17. The molecule has 2 heterocycles. The highest BCUT2D eigenvalue weighted by Crippen LogP contribution is 2.45. The summed E-state index contributed by atoms with van der Waals surface area (Å²) < 4.78 is 7.37. The number of halogens is 2. The van der Waals surface area contributed by atoms with Gasteiger partial charge in [0.1, 0.15) is 36.6 Å². The van der Waals surface area contributed by atoms with Gasteiger partial charge >= 0.3 is 0 Å². The number of ether oxygens (including phenoxy) is 1. The van der Waals surface area contributed by atoms with Crippen LogP contribution in [0, 0.1) is 0 Å². The molecule has 4 aromatic rings. The predicted octanol–water partition coefficient (Wildman–Crippen LogP) is 3.60. The lowest BCUT2D eigenvalue weighted by atomic mass is 10.00. The van der Waals surface area contributed by atoms with Gasteiger partial charge in [-0.1, -0.05) is 35.3 Å². The van der Waals surface area contributed by atoms with Crippen LogP contribution in [0.3, 0.4) is 0 Å². The van der Waals surface area contributed by atoms with Crippen LogP contribution in [0.4, 0.5) is 5.82 Å². The van der Waals surface area contributed by atoms with Gasteiger partial charge in [-0.25, -0.2) is 15.0 Å². The Morgan fingerprint density at radius 2 is 2.04 bits per heavy atom. The van der Waals surface area contributed by atoms with Gasteiger partial charge in [-0.05, 0) is 6.07 Å². The summed E-state index contributed by atoms with van der Waals surface area (Å²) in [6, 6.07) is 6.57. The topological polar surface area (TPSA) is 112 Å². The Labute approximate surface area is 169 Å². The molecule has 0 atom stereocenters. The van der Waals surface area contributed by atoms with Crippen molar-refractivity contribution in [2.75, 3.05) is 5.73 Å². The van der Waals surface area contributed by atoms with Crippen molar-refractivity contribution < 1.29 is 9.84 Å². The van der Waals surface area contributed by atoms with E-state index >= 15 is 0 Å². The molecule has 4 rings (SSSR count). The first-order chi connectivity index (χ1) is 13.5. The van der Waals surface area contributed by atoms with E-state index in [9.17, 15) is 5.11 Å². The summed E-state index contributed by atoms with van der Waals surface area (Å²) in [7, 11) is 1.76. The van der Waals surface area contributed by atoms with Crippen molar-refractivity contribution in [1.82, 2.24) is 24.7 Å². The molecule has 0 radical (unpaired) electrons. The van der Waals surface area contributed by atoms with Gasteiger partial charge in [0.15, 0.2) is 5.82 Å². The fraction of sp³-hybridized carbons (Fsp3) is 0.111. The quantitative estimate of drug-likeness (QED) is 0.522. The molecule has 28 heavy (non-hydrogen) atoms. The number of anilines is 1. The Kier molecular flexibility index (Phi) is 4.66. The minimum absolute atomic E-state index is 0.0843. The number of nitrogen functional groups attached to an aromatic ring is 1. The average molecular weight is 417 g/mol. The highest BCUT2D eigenvalue weighted by molar-refractivity contribution is 6.44. The fourth-order valence-electron chi connectivity index (χ4n) is 2.89. The lowest BCUT2D eigenvalue weighted by molar-refractivity contribution is 0.297. The maximum Gasteiger partial charge on any atom is 0.188 e. The second-order valence-electron chi connectivity index (χ2n) is 5.98. The number of fused-ring (bicyclic) bond motifs is 1. The van der Waals surface area contributed by atoms with Crippen LogP contribution in [0.25, 0.3) is 22.0 Å². The van der Waals surface area contributed by atoms with Crippen molar-refractivity contribution in [3.8, 4) is 22.6 Å². The van der Waals surface area contributed by atoms with Crippen LogP contribution in [0.1, 0.15) is 5.82 Å². The van der Waals surface area contributed by atoms with Crippen LogP contribution in [0.2, 0.25) is 10.0 Å². The normalized spacial score (nSPS) is 11.1. The number of aromatic hydroxyl groups is 1. The summed E-state index contributed by atoms with van der Waals surface area (Å²) >= 11 is 12.5. The van der Waals surface area contributed by atoms with Crippen molar-refractivity contribution in [3.63, 3.8) is 0 Å². The van der Waals surface area contributed by atoms with Crippen LogP contribution in [-0.2, 0) is 13.7 Å². The van der Waals surface area contributed by atoms with Crippen LogP contribution in [0.5, 0.6) is 11.5 Å². The van der Waals surface area contributed by atoms with Crippen molar-refractivity contribution in [1.29, 1.82) is 0 Å². The summed E-state index contributed by atoms with van der Waals surface area (Å²) in [6.45, 7) is 0.0843. The van der Waals surface area contributed by atoms with E-state index in [-0.39, 0.29) is 18.2 Å². The molecular formula is C18H14Cl2N6O2. The van der Waals surface area contributed by atoms with Gasteiger partial charge in [-0.15, -0.1) is 0 Å². The second-order valence-corrected chi connectivity index (χ2v) is 6.76. The largest absolute Gasteiger partial charge is 0.507 e. The van der Waals surface area contributed by atoms with E-state index < -0.39 is 0 Å². The maximum absolute atomic E-state index is 10.7. The van der Waals surface area contributed by atoms with Crippen molar-refractivity contribution in [2.24, 2.45) is 7.05 Å². The van der Waals surface area contributed by atoms with Crippen molar-refractivity contribution in [2.45, 2.75) is 6.61 Å². The van der Waals surface area contributed by atoms with Crippen LogP contribution < -0.4 is 10.5 Å². The molecule has 2 aromatic carbocycles. The number of hydrogen-bond donors (Lipinski definition) is 2. The summed E-state index contributed by atoms with van der Waals surface area (Å²) in [5, 5.41) is 16.0. The summed E-state index contributed by atoms with van der Waals surface area (Å²) in [6.07, 6.45) is 2.87. The zero-order chi connectivity index (χ0) is 19.8. The van der Waals surface area contributed by atoms with E-state index in [1.165, 1.54) is 12.4 Å². The van der Waals surface area contributed by atoms with E-state index in [0.29, 0.717) is 43.6 Å². The third-order valence-electron chi connectivity index (χ3n) is 4.11. The smallest absolute Gasteiger partial charge is 0.188 e. The van der Waals surface area contributed by atoms with E-state index in [2.05, 4.69) is 20.1 Å². The molecule has 3 N–H and O–H groups in total. The van der Waals surface area contributed by atoms with Gasteiger partial charge in [-0.3, -0.25) is 4.68 Å². The molecule has 0 spiro atoms. The zero-order valence-electron chi connectivity index (χ0n) is 14.6. The first-order valence-electron chi connectivity index (χ1n) is 8.13. The van der Waals surface area contributed by atoms with Crippen LogP contribution in [-0.4, -0.2) is 29.8 Å². The maximum atomic E-state index is 10.7. The van der Waals surface area contributed by atoms with Crippen molar-refractivity contribution >= 4 is 39.9 Å². The first kappa shape index (κ1) is 18.3. The highest BCUT2D eigenvalue weighted by Gasteiger charge is 2.21. The molecule has 10 heteroatoms. The van der Waals surface area contributed by atoms with Gasteiger partial charge in [0.05, 0.1) is 26.5 Å². The molecule has 0 aliphatic heterocycles. The van der Waals surface area contributed by atoms with Gasteiger partial charge in [0.25, 0.3) is 0 Å². The number of aryl methyl sites for hydroxylation is 1. The summed E-state index contributed by atoms with van der Waals surface area (Å²) in [5.74, 6) is 0.902. The zero-order valence-corrected chi connectivity index (χ0v) is 16.1. The molecule has 0 fully saturated rings. The minimum Gasteiger partial charge on any atom is -0.507 e. The number of aromatic nitrogens is 5. The lowest BCUT2D eigenvalue weighted by Gasteiger charge is -2.15. The van der Waals surface area contributed by atoms with Gasteiger partial charge in [-0.2, -0.15) is 5.10 Å². The van der Waals surface area contributed by atoms with E-state index in [1.807, 2.05) is 0 Å². The van der Waals surface area contributed by atoms with E-state index in [4.69, 9.17) is 33.7 Å².